The van der Waals surface area contributed by atoms with Crippen molar-refractivity contribution >= 4 is 46.7 Å². The summed E-state index contributed by atoms with van der Waals surface area (Å²) in [5.74, 6) is 0. The summed E-state index contributed by atoms with van der Waals surface area (Å²) in [7, 11) is 0. The van der Waals surface area contributed by atoms with Crippen LogP contribution in [0.5, 0.6) is 0 Å². The zero-order chi connectivity index (χ0) is 15.1. The number of hydrogen-bond donors (Lipinski definition) is 1. The first-order chi connectivity index (χ1) is 10.1. The van der Waals surface area contributed by atoms with Gasteiger partial charge in [0.25, 0.3) is 0 Å². The van der Waals surface area contributed by atoms with Crippen molar-refractivity contribution in [2.45, 2.75) is 12.8 Å². The van der Waals surface area contributed by atoms with E-state index in [9.17, 15) is 0 Å². The molecular weight excluding hydrogens is 409 g/mol. The van der Waals surface area contributed by atoms with Crippen molar-refractivity contribution in [3.05, 3.63) is 66.2 Å². The van der Waals surface area contributed by atoms with Crippen LogP contribution in [0.3, 0.4) is 0 Å². The van der Waals surface area contributed by atoms with E-state index in [-0.39, 0.29) is 0 Å². The molecule has 0 unspecified atom stereocenters. The molecular formula is C16H18N2PSe2. The van der Waals surface area contributed by atoms with Gasteiger partial charge in [-0.2, -0.15) is 0 Å². The average Bonchev–Trinajstić information content (AvgIpc) is 2.53. The van der Waals surface area contributed by atoms with Crippen LogP contribution in [0.1, 0.15) is 12.0 Å². The topological polar surface area (TPSA) is 38.4 Å². The third-order valence-electron chi connectivity index (χ3n) is 3.14. The summed E-state index contributed by atoms with van der Waals surface area (Å²) in [4.78, 5) is 4.57. The van der Waals surface area contributed by atoms with Gasteiger partial charge in [0, 0.05) is 0 Å². The first-order valence-corrected chi connectivity index (χ1v) is 13.0. The number of nitrogens with zero attached hydrogens (tertiary/aromatic N) is 1. The van der Waals surface area contributed by atoms with Crippen LogP contribution in [0.15, 0.2) is 65.7 Å². The van der Waals surface area contributed by atoms with Crippen LogP contribution < -0.4 is 11.0 Å². The average molecular weight is 427 g/mol. The number of aliphatic imine (C=N–C) groups is 1. The third-order valence-corrected chi connectivity index (χ3v) is 9.87. The van der Waals surface area contributed by atoms with E-state index in [0.717, 1.165) is 19.4 Å². The standard InChI is InChI=1S/C16H18N2PSe2/c17-16(19(20,21)15-11-5-2-6-12-15)18-13-7-10-14-8-3-1-4-9-14/h1-6,8-9,11-12H,7,10,13H2,(H2,17,18). The Morgan fingerprint density at radius 2 is 1.62 bits per heavy atom. The van der Waals surface area contributed by atoms with E-state index in [1.165, 1.54) is 10.9 Å². The summed E-state index contributed by atoms with van der Waals surface area (Å²) < 4.78 is -1.72. The van der Waals surface area contributed by atoms with E-state index < -0.39 is 4.64 Å². The number of amidine groups is 1. The molecule has 2 N–H and O–H groups in total. The van der Waals surface area contributed by atoms with Gasteiger partial charge in [-0.15, -0.1) is 0 Å². The molecule has 0 saturated carbocycles. The van der Waals surface area contributed by atoms with Gasteiger partial charge < -0.3 is 0 Å². The number of hydrogen-bond acceptors (Lipinski definition) is 1. The second kappa shape index (κ2) is 8.13. The number of rotatable bonds is 6. The summed E-state index contributed by atoms with van der Waals surface area (Å²) in [6.45, 7) is 0.763. The van der Waals surface area contributed by atoms with E-state index in [4.69, 9.17) is 5.73 Å². The Kier molecular flexibility index (Phi) is 6.48. The maximum atomic E-state index is 6.20. The molecule has 2 rings (SSSR count). The minimum atomic E-state index is -1.72. The Bertz CT molecular complexity index is 586. The summed E-state index contributed by atoms with van der Waals surface area (Å²) in [5, 5.41) is 1.20. The molecule has 0 amide bonds. The van der Waals surface area contributed by atoms with Crippen LogP contribution in [0.25, 0.3) is 0 Å². The van der Waals surface area contributed by atoms with E-state index in [0.29, 0.717) is 5.58 Å². The molecule has 0 fully saturated rings. The van der Waals surface area contributed by atoms with Gasteiger partial charge in [-0.1, -0.05) is 0 Å². The number of benzene rings is 2. The fourth-order valence-corrected chi connectivity index (χ4v) is 5.35. The van der Waals surface area contributed by atoms with E-state index in [1.54, 1.807) is 0 Å². The quantitative estimate of drug-likeness (QED) is 0.249. The zero-order valence-corrected chi connectivity index (χ0v) is 16.0. The predicted octanol–water partition coefficient (Wildman–Crippen LogP) is 2.44. The first-order valence-electron chi connectivity index (χ1n) is 6.82. The molecule has 0 heterocycles. The van der Waals surface area contributed by atoms with Gasteiger partial charge in [0.15, 0.2) is 0 Å². The molecule has 0 atom stereocenters. The van der Waals surface area contributed by atoms with E-state index in [1.807, 2.05) is 24.3 Å². The molecule has 0 spiro atoms. The zero-order valence-electron chi connectivity index (χ0n) is 11.7. The predicted molar refractivity (Wildman–Crippen MR) is 95.8 cm³/mol. The van der Waals surface area contributed by atoms with Gasteiger partial charge >= 0.3 is 143 Å². The van der Waals surface area contributed by atoms with Crippen LogP contribution in [0.2, 0.25) is 0 Å². The summed E-state index contributed by atoms with van der Waals surface area (Å²) >= 11 is 6.46. The van der Waals surface area contributed by atoms with Crippen molar-refractivity contribution in [1.29, 1.82) is 0 Å². The third kappa shape index (κ3) is 4.95. The van der Waals surface area contributed by atoms with Crippen molar-refractivity contribution in [2.24, 2.45) is 10.7 Å². The Hall–Kier alpha value is -0.621. The molecule has 0 aliphatic rings. The van der Waals surface area contributed by atoms with E-state index >= 15 is 0 Å². The minimum absolute atomic E-state index is 0.710. The molecule has 0 aliphatic heterocycles. The van der Waals surface area contributed by atoms with Crippen LogP contribution in [0.4, 0.5) is 0 Å². The van der Waals surface area contributed by atoms with Crippen LogP contribution in [-0.2, 0) is 6.42 Å². The van der Waals surface area contributed by atoms with Gasteiger partial charge in [0.1, 0.15) is 0 Å². The first kappa shape index (κ1) is 16.7. The molecule has 5 heteroatoms. The summed E-state index contributed by atoms with van der Waals surface area (Å²) in [5.41, 5.74) is 8.26. The molecule has 0 bridgehead atoms. The number of aryl methyl sites for hydroxylation is 1. The SMILES string of the molecule is NC(=NCCCc1ccccc1)[P+]([Se])([Se-])c1ccccc1. The monoisotopic (exact) mass is 429 g/mol. The summed E-state index contributed by atoms with van der Waals surface area (Å²) in [6, 6.07) is 20.7. The molecule has 1 radical (unpaired) electrons. The molecule has 0 aromatic heterocycles. The fraction of sp³-hybridized carbons (Fsp3) is 0.188. The number of nitrogens with two attached hydrogens (primary N) is 1. The second-order valence-corrected chi connectivity index (χ2v) is 17.2. The van der Waals surface area contributed by atoms with Crippen molar-refractivity contribution in [3.8, 4) is 0 Å². The van der Waals surface area contributed by atoms with Crippen molar-refractivity contribution < 1.29 is 0 Å². The van der Waals surface area contributed by atoms with Gasteiger partial charge in [0.05, 0.1) is 0 Å². The molecule has 21 heavy (non-hydrogen) atoms. The molecule has 0 aliphatic carbocycles. The second-order valence-electron chi connectivity index (χ2n) is 4.72. The molecule has 2 aromatic carbocycles. The van der Waals surface area contributed by atoms with Crippen LogP contribution >= 0.6 is 4.64 Å². The van der Waals surface area contributed by atoms with Gasteiger partial charge in [-0.3, -0.25) is 0 Å². The Balaban J connectivity index is 1.92. The summed E-state index contributed by atoms with van der Waals surface area (Å²) in [6.07, 6.45) is 2.05. The van der Waals surface area contributed by atoms with Crippen molar-refractivity contribution in [1.82, 2.24) is 0 Å². The van der Waals surface area contributed by atoms with E-state index in [2.05, 4.69) is 72.5 Å². The van der Waals surface area contributed by atoms with Crippen LogP contribution in [-0.4, -0.2) is 43.3 Å². The maximum absolute atomic E-state index is 6.20. The molecule has 0 saturated heterocycles. The van der Waals surface area contributed by atoms with Crippen molar-refractivity contribution in [3.63, 3.8) is 0 Å². The molecule has 109 valence electrons. The Morgan fingerprint density at radius 3 is 2.24 bits per heavy atom. The Labute approximate surface area is 142 Å². The molecule has 2 nitrogen and oxygen atoms in total. The Morgan fingerprint density at radius 1 is 1.05 bits per heavy atom. The van der Waals surface area contributed by atoms with Gasteiger partial charge in [-0.05, 0) is 0 Å². The molecule has 2 aromatic rings. The normalized spacial score (nSPS) is 14.7. The van der Waals surface area contributed by atoms with Crippen LogP contribution in [0, 0.1) is 0 Å². The van der Waals surface area contributed by atoms with Crippen molar-refractivity contribution in [2.75, 3.05) is 6.54 Å². The fourth-order valence-electron chi connectivity index (χ4n) is 1.97. The van der Waals surface area contributed by atoms with Gasteiger partial charge in [0.2, 0.25) is 0 Å². The van der Waals surface area contributed by atoms with Gasteiger partial charge in [-0.25, -0.2) is 0 Å².